The minimum Gasteiger partial charge on any atom is -0.756 e. The molecule has 0 aliphatic rings. The fourth-order valence-corrected chi connectivity index (χ4v) is 2.10. The zero-order valence-corrected chi connectivity index (χ0v) is 12.6. The van der Waals surface area contributed by atoms with Gasteiger partial charge < -0.3 is 28.6 Å². The van der Waals surface area contributed by atoms with Gasteiger partial charge in [-0.3, -0.25) is 4.57 Å². The summed E-state index contributed by atoms with van der Waals surface area (Å²) in [6.45, 7) is 3.31. The van der Waals surface area contributed by atoms with Crippen molar-refractivity contribution in [1.29, 1.82) is 0 Å². The van der Waals surface area contributed by atoms with Gasteiger partial charge in [-0.25, -0.2) is 0 Å². The Morgan fingerprint density at radius 1 is 1.47 bits per heavy atom. The minimum atomic E-state index is -4.51. The number of aliphatic hydroxyl groups is 2. The fraction of sp³-hybridized carbons (Fsp3) is 0.818. The summed E-state index contributed by atoms with van der Waals surface area (Å²) in [5.41, 5.74) is 0. The molecule has 0 radical (unpaired) electrons. The molecule has 0 rings (SSSR count). The van der Waals surface area contributed by atoms with Gasteiger partial charge in [0.1, 0.15) is 19.3 Å². The highest BCUT2D eigenvalue weighted by molar-refractivity contribution is 7.45. The summed E-state index contributed by atoms with van der Waals surface area (Å²) < 4.78 is 21.6. The maximum atomic E-state index is 11.6. The first-order valence-corrected chi connectivity index (χ1v) is 7.41. The summed E-state index contributed by atoms with van der Waals surface area (Å²) >= 11 is 0. The molecular weight excluding hydrogens is 273 g/mol. The lowest BCUT2D eigenvalue weighted by molar-refractivity contribution is -0.870. The first kappa shape index (κ1) is 18.7. The Morgan fingerprint density at radius 3 is 2.47 bits per heavy atom. The number of hydrogen-bond acceptors (Lipinski definition) is 6. The molecule has 0 fully saturated rings. The number of likely N-dealkylation sites (N-methyl/N-ethyl adjacent to an activating group) is 1. The Labute approximate surface area is 114 Å². The number of phosphoric ester groups is 1. The van der Waals surface area contributed by atoms with E-state index in [0.717, 1.165) is 0 Å². The van der Waals surface area contributed by atoms with Gasteiger partial charge in [-0.15, -0.1) is 6.58 Å². The topological polar surface area (TPSA) is 99.1 Å². The van der Waals surface area contributed by atoms with Gasteiger partial charge in [-0.05, 0) is 6.42 Å². The Hall–Kier alpha value is -0.270. The summed E-state index contributed by atoms with van der Waals surface area (Å²) in [6, 6.07) is 0. The third-order valence-electron chi connectivity index (χ3n) is 2.29. The second-order valence-electron chi connectivity index (χ2n) is 5.21. The quantitative estimate of drug-likeness (QED) is 0.320. The molecule has 0 saturated heterocycles. The molecule has 8 heteroatoms. The smallest absolute Gasteiger partial charge is 0.268 e. The highest BCUT2D eigenvalue weighted by atomic mass is 31.2. The molecular formula is C11H24NO6P. The molecule has 0 aromatic carbocycles. The molecule has 2 unspecified atom stereocenters. The van der Waals surface area contributed by atoms with Crippen LogP contribution >= 0.6 is 7.82 Å². The number of nitrogens with zero attached hydrogens (tertiary/aromatic N) is 1. The average molecular weight is 297 g/mol. The predicted molar refractivity (Wildman–Crippen MR) is 69.2 cm³/mol. The predicted octanol–water partition coefficient (Wildman–Crippen LogP) is -0.508. The van der Waals surface area contributed by atoms with Gasteiger partial charge in [0.25, 0.3) is 7.82 Å². The molecule has 0 aliphatic carbocycles. The second kappa shape index (κ2) is 8.11. The summed E-state index contributed by atoms with van der Waals surface area (Å²) in [5, 5.41) is 18.2. The molecule has 114 valence electrons. The van der Waals surface area contributed by atoms with E-state index in [-0.39, 0.29) is 13.0 Å². The summed E-state index contributed by atoms with van der Waals surface area (Å²) in [7, 11) is 1.19. The molecule has 19 heavy (non-hydrogen) atoms. The van der Waals surface area contributed by atoms with Crippen molar-refractivity contribution in [2.24, 2.45) is 0 Å². The normalized spacial score (nSPS) is 18.6. The van der Waals surface area contributed by atoms with Crippen LogP contribution in [0.2, 0.25) is 0 Å². The van der Waals surface area contributed by atoms with E-state index in [0.29, 0.717) is 11.0 Å². The van der Waals surface area contributed by atoms with Crippen molar-refractivity contribution in [3.8, 4) is 0 Å². The van der Waals surface area contributed by atoms with E-state index in [1.807, 2.05) is 21.1 Å². The maximum absolute atomic E-state index is 11.6. The number of aliphatic hydroxyl groups excluding tert-OH is 2. The highest BCUT2D eigenvalue weighted by Gasteiger charge is 2.24. The van der Waals surface area contributed by atoms with Crippen LogP contribution in [-0.4, -0.2) is 67.8 Å². The van der Waals surface area contributed by atoms with E-state index in [1.165, 1.54) is 6.08 Å². The average Bonchev–Trinajstić information content (AvgIpc) is 2.25. The van der Waals surface area contributed by atoms with E-state index in [1.54, 1.807) is 0 Å². The molecule has 2 N–H and O–H groups in total. The van der Waals surface area contributed by atoms with E-state index in [4.69, 9.17) is 14.2 Å². The van der Waals surface area contributed by atoms with Crippen LogP contribution in [0.5, 0.6) is 0 Å². The van der Waals surface area contributed by atoms with Gasteiger partial charge in [0.2, 0.25) is 0 Å². The molecule has 0 aromatic heterocycles. The van der Waals surface area contributed by atoms with Crippen LogP contribution in [0.15, 0.2) is 12.7 Å². The Kier molecular flexibility index (Phi) is 8.00. The number of phosphoric acid groups is 1. The summed E-state index contributed by atoms with van der Waals surface area (Å²) in [4.78, 5) is 11.6. The SMILES string of the molecule is C=CCC(OP(=O)([O-])OCC[N+](C)(C)C)[C@@H](O)CO. The van der Waals surface area contributed by atoms with Gasteiger partial charge in [0.05, 0.1) is 33.9 Å². The van der Waals surface area contributed by atoms with E-state index in [9.17, 15) is 14.6 Å². The Bertz CT molecular complexity index is 317. The van der Waals surface area contributed by atoms with E-state index < -0.39 is 26.6 Å². The van der Waals surface area contributed by atoms with Crippen molar-refractivity contribution >= 4 is 7.82 Å². The van der Waals surface area contributed by atoms with Crippen LogP contribution in [0, 0.1) is 0 Å². The molecule has 0 saturated carbocycles. The standard InChI is InChI=1S/C11H24NO6P/c1-5-6-11(10(14)9-13)18-19(15,16)17-8-7-12(2,3)4/h5,10-11,13-14H,1,6-9H2,2-4H3/t10-,11?/m0/s1. The van der Waals surface area contributed by atoms with Crippen LogP contribution < -0.4 is 4.89 Å². The molecule has 0 heterocycles. The maximum Gasteiger partial charge on any atom is 0.268 e. The van der Waals surface area contributed by atoms with Gasteiger partial charge in [0.15, 0.2) is 0 Å². The van der Waals surface area contributed by atoms with Gasteiger partial charge in [0, 0.05) is 0 Å². The lowest BCUT2D eigenvalue weighted by Crippen LogP contribution is -2.38. The number of quaternary nitrogens is 1. The van der Waals surface area contributed by atoms with Crippen LogP contribution in [0.3, 0.4) is 0 Å². The summed E-state index contributed by atoms with van der Waals surface area (Å²) in [5.74, 6) is 0. The lowest BCUT2D eigenvalue weighted by Gasteiger charge is -2.31. The number of hydrogen-bond donors (Lipinski definition) is 2. The van der Waals surface area contributed by atoms with Crippen molar-refractivity contribution < 1.29 is 33.2 Å². The zero-order valence-electron chi connectivity index (χ0n) is 11.7. The molecule has 0 aromatic rings. The van der Waals surface area contributed by atoms with Crippen LogP contribution in [0.25, 0.3) is 0 Å². The third-order valence-corrected chi connectivity index (χ3v) is 3.32. The minimum absolute atomic E-state index is 0.0136. The van der Waals surface area contributed by atoms with Crippen molar-refractivity contribution in [2.45, 2.75) is 18.6 Å². The Balaban J connectivity index is 4.38. The fourth-order valence-electron chi connectivity index (χ4n) is 1.17. The molecule has 0 aliphatic heterocycles. The van der Waals surface area contributed by atoms with Crippen LogP contribution in [0.1, 0.15) is 6.42 Å². The Morgan fingerprint density at radius 2 is 2.05 bits per heavy atom. The van der Waals surface area contributed by atoms with Crippen LogP contribution in [0.4, 0.5) is 0 Å². The van der Waals surface area contributed by atoms with Gasteiger partial charge in [-0.2, -0.15) is 0 Å². The molecule has 0 bridgehead atoms. The number of rotatable bonds is 10. The molecule has 0 spiro atoms. The first-order valence-electron chi connectivity index (χ1n) is 5.95. The lowest BCUT2D eigenvalue weighted by atomic mass is 10.1. The van der Waals surface area contributed by atoms with E-state index in [2.05, 4.69) is 6.58 Å². The van der Waals surface area contributed by atoms with E-state index >= 15 is 0 Å². The van der Waals surface area contributed by atoms with Crippen molar-refractivity contribution in [3.63, 3.8) is 0 Å². The second-order valence-corrected chi connectivity index (χ2v) is 6.58. The molecule has 7 nitrogen and oxygen atoms in total. The van der Waals surface area contributed by atoms with Crippen molar-refractivity contribution in [2.75, 3.05) is 40.9 Å². The summed E-state index contributed by atoms with van der Waals surface area (Å²) in [6.07, 6.45) is -0.903. The van der Waals surface area contributed by atoms with Gasteiger partial charge >= 0.3 is 0 Å². The zero-order chi connectivity index (χ0) is 15.1. The monoisotopic (exact) mass is 297 g/mol. The first-order chi connectivity index (χ1) is 8.61. The largest absolute Gasteiger partial charge is 0.756 e. The van der Waals surface area contributed by atoms with Gasteiger partial charge in [-0.1, -0.05) is 6.08 Å². The highest BCUT2D eigenvalue weighted by Crippen LogP contribution is 2.41. The third kappa shape index (κ3) is 9.29. The molecule has 3 atom stereocenters. The van der Waals surface area contributed by atoms with Crippen LogP contribution in [-0.2, 0) is 13.6 Å². The molecule has 0 amide bonds. The van der Waals surface area contributed by atoms with Crippen molar-refractivity contribution in [1.82, 2.24) is 0 Å². The van der Waals surface area contributed by atoms with Crippen molar-refractivity contribution in [3.05, 3.63) is 12.7 Å².